The van der Waals surface area contributed by atoms with Crippen LogP contribution in [0.15, 0.2) is 18.2 Å². The Morgan fingerprint density at radius 3 is 2.14 bits per heavy atom. The molecule has 1 aromatic carbocycles. The molecule has 1 N–H and O–H groups in total. The fraction of sp³-hybridized carbons (Fsp3) is 0.533. The van der Waals surface area contributed by atoms with E-state index in [-0.39, 0.29) is 11.9 Å². The second kappa shape index (κ2) is 6.47. The molecule has 0 heterocycles. The predicted octanol–water partition coefficient (Wildman–Crippen LogP) is 1.98. The number of hydrogen-bond donors (Lipinski definition) is 1. The van der Waals surface area contributed by atoms with Gasteiger partial charge in [0.15, 0.2) is 0 Å². The van der Waals surface area contributed by atoms with E-state index in [1.54, 1.807) is 19.1 Å². The normalized spacial score (nSPS) is 13.1. The Kier molecular flexibility index (Phi) is 5.39. The number of hydrogen-bond acceptors (Lipinski definition) is 3. The molecular formula is C15H24N2O3S. The van der Waals surface area contributed by atoms with E-state index in [1.165, 1.54) is 0 Å². The highest BCUT2D eigenvalue weighted by molar-refractivity contribution is 7.92. The highest BCUT2D eigenvalue weighted by atomic mass is 32.2. The lowest BCUT2D eigenvalue weighted by atomic mass is 10.1. The first kappa shape index (κ1) is 17.5. The minimum absolute atomic E-state index is 0.0406. The molecule has 118 valence electrons. The van der Waals surface area contributed by atoms with Gasteiger partial charge in [-0.15, -0.1) is 0 Å². The van der Waals surface area contributed by atoms with Crippen LogP contribution in [-0.2, 0) is 14.8 Å². The van der Waals surface area contributed by atoms with Crippen molar-refractivity contribution in [3.8, 4) is 0 Å². The van der Waals surface area contributed by atoms with E-state index in [2.05, 4.69) is 5.32 Å². The third-order valence-corrected chi connectivity index (χ3v) is 4.51. The number of carbonyl (C=O) groups is 1. The van der Waals surface area contributed by atoms with Gasteiger partial charge in [0.25, 0.3) is 0 Å². The number of anilines is 1. The maximum atomic E-state index is 12.1. The molecule has 1 atom stereocenters. The molecule has 0 aromatic heterocycles. The first-order chi connectivity index (χ1) is 9.54. The number of carbonyl (C=O) groups excluding carboxylic acids is 1. The molecule has 1 aromatic rings. The van der Waals surface area contributed by atoms with Gasteiger partial charge in [-0.1, -0.05) is 6.07 Å². The first-order valence-electron chi connectivity index (χ1n) is 6.91. The summed E-state index contributed by atoms with van der Waals surface area (Å²) in [4.78, 5) is 12.1. The van der Waals surface area contributed by atoms with Crippen LogP contribution in [0.1, 0.15) is 31.9 Å². The van der Waals surface area contributed by atoms with Crippen molar-refractivity contribution in [1.29, 1.82) is 0 Å². The molecule has 0 aliphatic rings. The molecular weight excluding hydrogens is 288 g/mol. The molecule has 6 heteroatoms. The average molecular weight is 312 g/mol. The van der Waals surface area contributed by atoms with Crippen LogP contribution in [0.3, 0.4) is 0 Å². The lowest BCUT2D eigenvalue weighted by molar-refractivity contribution is -0.122. The topological polar surface area (TPSA) is 66.5 Å². The zero-order chi connectivity index (χ0) is 16.4. The van der Waals surface area contributed by atoms with Gasteiger partial charge >= 0.3 is 0 Å². The molecule has 0 saturated carbocycles. The van der Waals surface area contributed by atoms with Crippen LogP contribution in [0.5, 0.6) is 0 Å². The molecule has 0 bridgehead atoms. The number of benzene rings is 1. The molecule has 0 spiro atoms. The third-order valence-electron chi connectivity index (χ3n) is 3.26. The summed E-state index contributed by atoms with van der Waals surface area (Å²) in [5, 5.41) is 2.75. The van der Waals surface area contributed by atoms with Crippen molar-refractivity contribution < 1.29 is 13.2 Å². The maximum absolute atomic E-state index is 12.1. The van der Waals surface area contributed by atoms with Crippen molar-refractivity contribution in [2.24, 2.45) is 0 Å². The molecule has 0 aliphatic carbocycles. The summed E-state index contributed by atoms with van der Waals surface area (Å²) in [6, 6.07) is 4.53. The smallest absolute Gasteiger partial charge is 0.243 e. The fourth-order valence-corrected chi connectivity index (χ4v) is 3.24. The molecule has 0 saturated heterocycles. The highest BCUT2D eigenvalue weighted by Crippen LogP contribution is 2.23. The van der Waals surface area contributed by atoms with Gasteiger partial charge in [0.05, 0.1) is 11.9 Å². The standard InChI is InChI=1S/C15H24N2O3S/c1-10(2)16-15(18)13(5)17(21(6,19)20)14-8-7-11(3)12(4)9-14/h7-10,13H,1-6H3,(H,16,18)/t13-/m1/s1. The van der Waals surface area contributed by atoms with Crippen molar-refractivity contribution in [2.75, 3.05) is 10.6 Å². The minimum Gasteiger partial charge on any atom is -0.352 e. The fourth-order valence-electron chi connectivity index (χ4n) is 2.08. The third kappa shape index (κ3) is 4.46. The van der Waals surface area contributed by atoms with E-state index in [4.69, 9.17) is 0 Å². The Morgan fingerprint density at radius 2 is 1.71 bits per heavy atom. The summed E-state index contributed by atoms with van der Waals surface area (Å²) in [6.45, 7) is 9.14. The van der Waals surface area contributed by atoms with Gasteiger partial charge in [-0.05, 0) is 57.9 Å². The van der Waals surface area contributed by atoms with Crippen molar-refractivity contribution in [1.82, 2.24) is 5.32 Å². The summed E-state index contributed by atoms with van der Waals surface area (Å²) >= 11 is 0. The number of nitrogens with one attached hydrogen (secondary N) is 1. The van der Waals surface area contributed by atoms with Gasteiger partial charge in [-0.2, -0.15) is 0 Å². The van der Waals surface area contributed by atoms with Gasteiger partial charge < -0.3 is 5.32 Å². The summed E-state index contributed by atoms with van der Waals surface area (Å²) in [5.74, 6) is -0.311. The Hall–Kier alpha value is -1.56. The molecule has 0 unspecified atom stereocenters. The van der Waals surface area contributed by atoms with E-state index in [9.17, 15) is 13.2 Å². The summed E-state index contributed by atoms with van der Waals surface area (Å²) in [5.41, 5.74) is 2.57. The Bertz CT molecular complexity index is 624. The van der Waals surface area contributed by atoms with Gasteiger partial charge in [0, 0.05) is 6.04 Å². The predicted molar refractivity (Wildman–Crippen MR) is 86.0 cm³/mol. The second-order valence-corrected chi connectivity index (χ2v) is 7.53. The molecule has 1 rings (SSSR count). The van der Waals surface area contributed by atoms with Crippen molar-refractivity contribution in [2.45, 2.75) is 46.7 Å². The number of aryl methyl sites for hydroxylation is 2. The molecule has 1 amide bonds. The van der Waals surface area contributed by atoms with E-state index >= 15 is 0 Å². The monoisotopic (exact) mass is 312 g/mol. The SMILES string of the molecule is Cc1ccc(N([C@H](C)C(=O)NC(C)C)S(C)(=O)=O)cc1C. The van der Waals surface area contributed by atoms with E-state index in [0.717, 1.165) is 21.7 Å². The average Bonchev–Trinajstić information content (AvgIpc) is 2.31. The second-order valence-electron chi connectivity index (χ2n) is 5.67. The number of sulfonamides is 1. The van der Waals surface area contributed by atoms with Gasteiger partial charge in [-0.25, -0.2) is 8.42 Å². The number of rotatable bonds is 5. The zero-order valence-electron chi connectivity index (χ0n) is 13.5. The first-order valence-corrected chi connectivity index (χ1v) is 8.76. The quantitative estimate of drug-likeness (QED) is 0.904. The van der Waals surface area contributed by atoms with Crippen LogP contribution >= 0.6 is 0 Å². The summed E-state index contributed by atoms with van der Waals surface area (Å²) in [7, 11) is -3.56. The summed E-state index contributed by atoms with van der Waals surface area (Å²) < 4.78 is 25.4. The zero-order valence-corrected chi connectivity index (χ0v) is 14.3. The molecule has 0 fully saturated rings. The molecule has 0 radical (unpaired) electrons. The molecule has 0 aliphatic heterocycles. The van der Waals surface area contributed by atoms with Crippen molar-refractivity contribution in [3.63, 3.8) is 0 Å². The van der Waals surface area contributed by atoms with Crippen molar-refractivity contribution >= 4 is 21.6 Å². The molecule has 21 heavy (non-hydrogen) atoms. The van der Waals surface area contributed by atoms with Crippen LogP contribution in [0.25, 0.3) is 0 Å². The lowest BCUT2D eigenvalue weighted by Gasteiger charge is -2.29. The van der Waals surface area contributed by atoms with Crippen LogP contribution in [0.4, 0.5) is 5.69 Å². The van der Waals surface area contributed by atoms with Crippen LogP contribution < -0.4 is 9.62 Å². The number of nitrogens with zero attached hydrogens (tertiary/aromatic N) is 1. The van der Waals surface area contributed by atoms with Crippen LogP contribution in [0, 0.1) is 13.8 Å². The van der Waals surface area contributed by atoms with Gasteiger partial charge in [-0.3, -0.25) is 9.10 Å². The van der Waals surface area contributed by atoms with Crippen LogP contribution in [-0.4, -0.2) is 32.7 Å². The van der Waals surface area contributed by atoms with E-state index in [0.29, 0.717) is 5.69 Å². The largest absolute Gasteiger partial charge is 0.352 e. The summed E-state index contributed by atoms with van der Waals surface area (Å²) in [6.07, 6.45) is 1.11. The van der Waals surface area contributed by atoms with Gasteiger partial charge in [0.1, 0.15) is 6.04 Å². The maximum Gasteiger partial charge on any atom is 0.243 e. The van der Waals surface area contributed by atoms with Gasteiger partial charge in [0.2, 0.25) is 15.9 Å². The Morgan fingerprint density at radius 1 is 1.14 bits per heavy atom. The van der Waals surface area contributed by atoms with E-state index in [1.807, 2.05) is 33.8 Å². The Balaban J connectivity index is 3.24. The highest BCUT2D eigenvalue weighted by Gasteiger charge is 2.29. The lowest BCUT2D eigenvalue weighted by Crippen LogP contribution is -2.49. The van der Waals surface area contributed by atoms with Crippen molar-refractivity contribution in [3.05, 3.63) is 29.3 Å². The Labute approximate surface area is 127 Å². The van der Waals surface area contributed by atoms with E-state index < -0.39 is 16.1 Å². The minimum atomic E-state index is -3.56. The van der Waals surface area contributed by atoms with Crippen LogP contribution in [0.2, 0.25) is 0 Å². The number of amides is 1. The molecule has 5 nitrogen and oxygen atoms in total.